The van der Waals surface area contributed by atoms with E-state index in [2.05, 4.69) is 19.2 Å². The Kier molecular flexibility index (Phi) is 23.8. The molecule has 4 rings (SSSR count). The topological polar surface area (TPSA) is 326 Å². The Labute approximate surface area is 395 Å². The van der Waals surface area contributed by atoms with Crippen molar-refractivity contribution in [2.75, 3.05) is 65.7 Å². The number of hydrogen-bond acceptors (Lipinski definition) is 14. The van der Waals surface area contributed by atoms with E-state index in [1.54, 1.807) is 9.80 Å². The Morgan fingerprint density at radius 3 is 0.691 bits per heavy atom. The number of ether oxygens (including phenoxy) is 4. The zero-order valence-corrected chi connectivity index (χ0v) is 38.9. The molecule has 0 atom stereocenters. The molecule has 0 aromatic heterocycles. The first-order chi connectivity index (χ1) is 32.9. The van der Waals surface area contributed by atoms with Crippen molar-refractivity contribution in [3.05, 3.63) is 22.1 Å². The second-order valence-corrected chi connectivity index (χ2v) is 17.8. The molecule has 0 bridgehead atoms. The van der Waals surface area contributed by atoms with Crippen LogP contribution in [0.5, 0.6) is 0 Å². The summed E-state index contributed by atoms with van der Waals surface area (Å²) in [6, 6.07) is 0. The summed E-state index contributed by atoms with van der Waals surface area (Å²) in [6.07, 6.45) is 14.5. The third-order valence-electron chi connectivity index (χ3n) is 13.3. The minimum absolute atomic E-state index is 0.0431. The van der Waals surface area contributed by atoms with Gasteiger partial charge in [-0.25, -0.2) is 19.2 Å². The summed E-state index contributed by atoms with van der Waals surface area (Å²) in [6.45, 7) is -1.33. The number of hydrogen-bond donors (Lipinski definition) is 0. The van der Waals surface area contributed by atoms with Crippen molar-refractivity contribution in [1.82, 2.24) is 9.80 Å². The van der Waals surface area contributed by atoms with Gasteiger partial charge in [0.1, 0.15) is 26.4 Å². The van der Waals surface area contributed by atoms with Crippen LogP contribution in [0.1, 0.15) is 128 Å². The lowest BCUT2D eigenvalue weighted by molar-refractivity contribution is -0.145. The molecular formula is C46H64N10O12. The van der Waals surface area contributed by atoms with E-state index in [9.17, 15) is 60.5 Å². The van der Waals surface area contributed by atoms with Crippen LogP contribution in [0.2, 0.25) is 0 Å². The Balaban J connectivity index is 1.45. The molecule has 4 aliphatic rings. The van der Waals surface area contributed by atoms with Crippen molar-refractivity contribution in [3.63, 3.8) is 0 Å². The quantitative estimate of drug-likeness (QED) is 0.0285. The lowest BCUT2D eigenvalue weighted by Gasteiger charge is -2.27. The fraction of sp³-hybridized carbons (Fsp3) is 0.739. The predicted molar refractivity (Wildman–Crippen MR) is 238 cm³/mol. The van der Waals surface area contributed by atoms with Crippen LogP contribution in [-0.4, -0.2) is 165 Å². The predicted octanol–water partition coefficient (Wildman–Crippen LogP) is 3.04. The summed E-state index contributed by atoms with van der Waals surface area (Å²) in [5, 5.41) is 0. The van der Waals surface area contributed by atoms with Crippen LogP contribution in [0.4, 0.5) is 0 Å². The highest BCUT2D eigenvalue weighted by atomic mass is 16.5. The molecule has 0 aliphatic heterocycles. The van der Waals surface area contributed by atoms with Gasteiger partial charge in [-0.3, -0.25) is 29.0 Å². The number of Topliss-reactive ketones (excluding diaryl/α,β-unsaturated/α-hetero) is 4. The van der Waals surface area contributed by atoms with Crippen molar-refractivity contribution < 1.29 is 76.5 Å². The van der Waals surface area contributed by atoms with Gasteiger partial charge in [-0.1, -0.05) is 77.0 Å². The normalized spacial score (nSPS) is 17.0. The van der Waals surface area contributed by atoms with Gasteiger partial charge in [-0.15, -0.1) is 0 Å². The lowest BCUT2D eigenvalue weighted by Crippen LogP contribution is -2.43. The number of esters is 4. The van der Waals surface area contributed by atoms with Gasteiger partial charge in [0.25, 0.3) is 23.1 Å². The number of rotatable bonds is 27. The monoisotopic (exact) mass is 948 g/mol. The third-order valence-corrected chi connectivity index (χ3v) is 13.3. The number of nitrogens with zero attached hydrogens (tertiary/aromatic N) is 10. The summed E-state index contributed by atoms with van der Waals surface area (Å²) in [7, 11) is 0. The molecule has 0 amide bonds. The fourth-order valence-electron chi connectivity index (χ4n) is 9.29. The summed E-state index contributed by atoms with van der Waals surface area (Å²) < 4.78 is 21.4. The average Bonchev–Trinajstić information content (AvgIpc) is 3.36. The molecule has 22 heteroatoms. The van der Waals surface area contributed by atoms with Crippen LogP contribution in [0.15, 0.2) is 0 Å². The van der Waals surface area contributed by atoms with Crippen LogP contribution >= 0.6 is 0 Å². The highest BCUT2D eigenvalue weighted by Crippen LogP contribution is 2.27. The van der Waals surface area contributed by atoms with Crippen molar-refractivity contribution in [3.8, 4) is 0 Å². The second kappa shape index (κ2) is 29.7. The smallest absolute Gasteiger partial charge is 0.441 e. The third kappa shape index (κ3) is 17.0. The maximum Gasteiger partial charge on any atom is 0.441 e. The molecule has 0 heterocycles. The SMILES string of the molecule is [N-]=[N+]=C(C(=O)OCCN(CCOC(=O)C(=[N+]=[N-])C(=O)C1CCCCC1)CCN(CCOC(=O)C(=[N+]=[N-])C(=O)C1CCCCC1)CCOC(=O)C(=[N+]=[N-])C(=O)C1CCCCC1)C(=O)C1CCCCC1. The molecule has 0 unspecified atom stereocenters. The van der Waals surface area contributed by atoms with Crippen molar-refractivity contribution in [1.29, 1.82) is 0 Å². The molecule has 4 fully saturated rings. The molecule has 0 aromatic rings. The molecule has 68 heavy (non-hydrogen) atoms. The fourth-order valence-corrected chi connectivity index (χ4v) is 9.29. The van der Waals surface area contributed by atoms with E-state index >= 15 is 0 Å². The summed E-state index contributed by atoms with van der Waals surface area (Å²) in [5.41, 5.74) is 35.5. The Morgan fingerprint density at radius 2 is 0.515 bits per heavy atom. The second-order valence-electron chi connectivity index (χ2n) is 17.8. The van der Waals surface area contributed by atoms with Crippen molar-refractivity contribution in [2.24, 2.45) is 23.7 Å². The zero-order chi connectivity index (χ0) is 49.3. The highest BCUT2D eigenvalue weighted by Gasteiger charge is 2.41. The molecule has 0 N–H and O–H groups in total. The van der Waals surface area contributed by atoms with Gasteiger partial charge in [0.05, 0.1) is 0 Å². The zero-order valence-electron chi connectivity index (χ0n) is 38.9. The average molecular weight is 949 g/mol. The standard InChI is InChI=1S/C46H64N10O12/c47-51-35(39(57)31-13-5-1-6-14-31)43(61)65-27-23-55(24-28-66-44(62)36(52-48)40(58)32-15-7-2-8-16-32)21-22-56(25-29-67-45(63)37(53-49)41(59)33-17-9-3-10-18-33)26-30-68-46(64)38(54-50)42(60)34-19-11-4-12-20-34/h31-34H,1-30H2. The van der Waals surface area contributed by atoms with Crippen LogP contribution in [0.25, 0.3) is 22.1 Å². The van der Waals surface area contributed by atoms with Crippen LogP contribution in [0.3, 0.4) is 0 Å². The molecule has 0 spiro atoms. The first-order valence-corrected chi connectivity index (χ1v) is 24.1. The molecule has 0 aromatic carbocycles. The summed E-state index contributed by atoms with van der Waals surface area (Å²) in [5.74, 6) is -8.91. The molecule has 22 nitrogen and oxygen atoms in total. The molecule has 4 aliphatic carbocycles. The highest BCUT2D eigenvalue weighted by molar-refractivity contribution is 6.64. The maximum atomic E-state index is 13.0. The molecule has 370 valence electrons. The van der Waals surface area contributed by atoms with E-state index in [1.165, 1.54) is 0 Å². The van der Waals surface area contributed by atoms with Gasteiger partial charge in [0.15, 0.2) is 0 Å². The minimum Gasteiger partial charge on any atom is -0.455 e. The Hall–Kier alpha value is -6.00. The molecule has 0 saturated heterocycles. The Bertz CT molecular complexity index is 1760. The number of carbonyl (C=O) groups excluding carboxylic acids is 8. The van der Waals surface area contributed by atoms with Crippen molar-refractivity contribution in [2.45, 2.75) is 128 Å². The van der Waals surface area contributed by atoms with Crippen LogP contribution in [0, 0.1) is 23.7 Å². The first-order valence-electron chi connectivity index (χ1n) is 24.1. The van der Waals surface area contributed by atoms with Gasteiger partial charge in [-0.2, -0.15) is 19.2 Å². The molecule has 4 saturated carbocycles. The van der Waals surface area contributed by atoms with E-state index in [1.807, 2.05) is 0 Å². The van der Waals surface area contributed by atoms with E-state index < -0.39 is 93.5 Å². The van der Waals surface area contributed by atoms with Gasteiger partial charge in [0.2, 0.25) is 0 Å². The van der Waals surface area contributed by atoms with Gasteiger partial charge >= 0.3 is 46.7 Å². The minimum atomic E-state index is -1.13. The summed E-state index contributed by atoms with van der Waals surface area (Å²) in [4.78, 5) is 119. The van der Waals surface area contributed by atoms with E-state index in [0.29, 0.717) is 51.4 Å². The van der Waals surface area contributed by atoms with Gasteiger partial charge < -0.3 is 41.1 Å². The van der Waals surface area contributed by atoms with Crippen molar-refractivity contribution >= 4 is 69.9 Å². The van der Waals surface area contributed by atoms with E-state index in [-0.39, 0.29) is 65.7 Å². The van der Waals surface area contributed by atoms with Crippen LogP contribution in [-0.2, 0) is 57.3 Å². The number of carbonyl (C=O) groups is 8. The van der Waals surface area contributed by atoms with E-state index in [4.69, 9.17) is 18.9 Å². The Morgan fingerprint density at radius 1 is 0.324 bits per heavy atom. The van der Waals surface area contributed by atoms with E-state index in [0.717, 1.165) is 77.0 Å². The van der Waals surface area contributed by atoms with Gasteiger partial charge in [-0.05, 0) is 51.4 Å². The summed E-state index contributed by atoms with van der Waals surface area (Å²) >= 11 is 0. The first kappa shape index (κ1) is 54.6. The largest absolute Gasteiger partial charge is 0.455 e. The number of ketones is 4. The molecular weight excluding hydrogens is 885 g/mol. The molecule has 0 radical (unpaired) electrons. The van der Waals surface area contributed by atoms with Crippen LogP contribution < -0.4 is 0 Å². The lowest BCUT2D eigenvalue weighted by atomic mass is 9.84. The van der Waals surface area contributed by atoms with Gasteiger partial charge in [0, 0.05) is 62.9 Å². The maximum absolute atomic E-state index is 13.0.